The van der Waals surface area contributed by atoms with E-state index in [1.165, 1.54) is 7.11 Å². The second-order valence-electron chi connectivity index (χ2n) is 5.93. The first kappa shape index (κ1) is 20.8. The summed E-state index contributed by atoms with van der Waals surface area (Å²) >= 11 is 0. The van der Waals surface area contributed by atoms with Gasteiger partial charge in [-0.15, -0.1) is 12.4 Å². The summed E-state index contributed by atoms with van der Waals surface area (Å²) in [6.45, 7) is 2.23. The number of rotatable bonds is 6. The molecule has 2 atom stereocenters. The van der Waals surface area contributed by atoms with Crippen molar-refractivity contribution in [2.24, 2.45) is 11.7 Å². The number of carbonyl (C=O) groups is 1. The third-order valence-electron chi connectivity index (χ3n) is 4.15. The van der Waals surface area contributed by atoms with E-state index in [-0.39, 0.29) is 36.0 Å². The maximum atomic E-state index is 12.6. The number of halogens is 1. The molecular weight excluding hydrogens is 340 g/mol. The number of phenols is 1. The van der Waals surface area contributed by atoms with E-state index >= 15 is 0 Å². The third-order valence-corrected chi connectivity index (χ3v) is 4.15. The van der Waals surface area contributed by atoms with Crippen LogP contribution in [0.2, 0.25) is 0 Å². The van der Waals surface area contributed by atoms with E-state index in [1.807, 2.05) is 43.3 Å². The van der Waals surface area contributed by atoms with Gasteiger partial charge in [-0.2, -0.15) is 0 Å². The molecule has 2 aromatic carbocycles. The molecule has 5 nitrogen and oxygen atoms in total. The molecule has 0 aliphatic rings. The number of hydrogen-bond acceptors (Lipinski definition) is 4. The number of nitrogens with two attached hydrogens (primary N) is 1. The minimum absolute atomic E-state index is 0. The second kappa shape index (κ2) is 9.30. The molecule has 0 aliphatic carbocycles. The summed E-state index contributed by atoms with van der Waals surface area (Å²) in [5.41, 5.74) is 7.99. The minimum atomic E-state index is -0.356. The number of amides is 1. The zero-order chi connectivity index (χ0) is 17.7. The Kier molecular flexibility index (Phi) is 7.74. The van der Waals surface area contributed by atoms with Crippen LogP contribution in [0, 0.1) is 5.92 Å². The summed E-state index contributed by atoms with van der Waals surface area (Å²) < 4.78 is 5.02. The lowest BCUT2D eigenvalue weighted by Gasteiger charge is -2.25. The highest BCUT2D eigenvalue weighted by Crippen LogP contribution is 2.27. The first-order chi connectivity index (χ1) is 11.4. The summed E-state index contributed by atoms with van der Waals surface area (Å²) in [6, 6.07) is 14.4. The van der Waals surface area contributed by atoms with Crippen molar-refractivity contribution in [3.63, 3.8) is 0 Å². The third kappa shape index (κ3) is 5.11. The van der Waals surface area contributed by atoms with Gasteiger partial charge in [0, 0.05) is 19.6 Å². The van der Waals surface area contributed by atoms with Crippen molar-refractivity contribution in [2.45, 2.75) is 19.5 Å². The predicted molar refractivity (Wildman–Crippen MR) is 101 cm³/mol. The van der Waals surface area contributed by atoms with Gasteiger partial charge in [0.15, 0.2) is 11.5 Å². The Labute approximate surface area is 154 Å². The predicted octanol–water partition coefficient (Wildman–Crippen LogP) is 3.12. The van der Waals surface area contributed by atoms with Crippen LogP contribution in [0.1, 0.15) is 24.1 Å². The Morgan fingerprint density at radius 1 is 1.24 bits per heavy atom. The molecule has 6 heteroatoms. The number of carbonyl (C=O) groups excluding carboxylic acids is 1. The van der Waals surface area contributed by atoms with Crippen LogP contribution in [0.15, 0.2) is 48.5 Å². The van der Waals surface area contributed by atoms with Crippen molar-refractivity contribution >= 4 is 18.3 Å². The molecule has 0 spiro atoms. The normalized spacial score (nSPS) is 12.6. The van der Waals surface area contributed by atoms with E-state index < -0.39 is 0 Å². The molecule has 0 aromatic heterocycles. The van der Waals surface area contributed by atoms with Crippen LogP contribution in [-0.2, 0) is 11.3 Å². The van der Waals surface area contributed by atoms with Crippen LogP contribution in [0.3, 0.4) is 0 Å². The summed E-state index contributed by atoms with van der Waals surface area (Å²) in [4.78, 5) is 14.2. The fraction of sp³-hybridized carbons (Fsp3) is 0.316. The van der Waals surface area contributed by atoms with Crippen molar-refractivity contribution in [3.8, 4) is 11.5 Å². The average molecular weight is 365 g/mol. The summed E-state index contributed by atoms with van der Waals surface area (Å²) in [5, 5.41) is 9.84. The molecule has 0 heterocycles. The molecule has 3 N–H and O–H groups in total. The van der Waals surface area contributed by atoms with Gasteiger partial charge in [-0.3, -0.25) is 4.79 Å². The first-order valence-electron chi connectivity index (χ1n) is 7.85. The molecule has 0 radical (unpaired) electrons. The van der Waals surface area contributed by atoms with Gasteiger partial charge in [0.25, 0.3) is 0 Å². The summed E-state index contributed by atoms with van der Waals surface area (Å²) in [6.07, 6.45) is 0. The van der Waals surface area contributed by atoms with E-state index in [2.05, 4.69) is 0 Å². The van der Waals surface area contributed by atoms with Gasteiger partial charge in [0.2, 0.25) is 5.91 Å². The lowest BCUT2D eigenvalue weighted by molar-refractivity contribution is -0.134. The zero-order valence-corrected chi connectivity index (χ0v) is 15.5. The van der Waals surface area contributed by atoms with Gasteiger partial charge < -0.3 is 20.5 Å². The average Bonchev–Trinajstić information content (AvgIpc) is 2.60. The summed E-state index contributed by atoms with van der Waals surface area (Å²) in [7, 11) is 3.23. The molecular formula is C19H25ClN2O3. The van der Waals surface area contributed by atoms with Gasteiger partial charge in [-0.1, -0.05) is 43.3 Å². The van der Waals surface area contributed by atoms with Crippen molar-refractivity contribution in [1.82, 2.24) is 4.90 Å². The maximum absolute atomic E-state index is 12.6. The lowest BCUT2D eigenvalue weighted by Crippen LogP contribution is -2.36. The van der Waals surface area contributed by atoms with Gasteiger partial charge >= 0.3 is 0 Å². The Hall–Kier alpha value is -2.24. The number of nitrogens with zero attached hydrogens (tertiary/aromatic N) is 1. The minimum Gasteiger partial charge on any atom is -0.504 e. The van der Waals surface area contributed by atoms with Crippen LogP contribution >= 0.6 is 12.4 Å². The van der Waals surface area contributed by atoms with E-state index in [9.17, 15) is 9.90 Å². The fourth-order valence-corrected chi connectivity index (χ4v) is 2.65. The molecule has 0 saturated heterocycles. The van der Waals surface area contributed by atoms with E-state index in [4.69, 9.17) is 10.5 Å². The van der Waals surface area contributed by atoms with Gasteiger partial charge in [-0.05, 0) is 23.3 Å². The van der Waals surface area contributed by atoms with Crippen LogP contribution in [-0.4, -0.2) is 30.1 Å². The Bertz CT molecular complexity index is 694. The standard InChI is InChI=1S/C19H24N2O3.ClH/c1-13(18(20)15-7-5-4-6-8-15)19(23)21(2)12-14-9-10-17(24-3)16(22)11-14;/h4-11,13,18,22H,12,20H2,1-3H3;1H. The van der Waals surface area contributed by atoms with Gasteiger partial charge in [0.05, 0.1) is 13.0 Å². The molecule has 2 unspecified atom stereocenters. The molecule has 25 heavy (non-hydrogen) atoms. The number of ether oxygens (including phenoxy) is 1. The Morgan fingerprint density at radius 3 is 2.44 bits per heavy atom. The SMILES string of the molecule is COc1ccc(CN(C)C(=O)C(C)C(N)c2ccccc2)cc1O.Cl. The molecule has 0 bridgehead atoms. The fourth-order valence-electron chi connectivity index (χ4n) is 2.65. The summed E-state index contributed by atoms with van der Waals surface area (Å²) in [5.74, 6) is 0.0861. The number of benzene rings is 2. The molecule has 1 amide bonds. The molecule has 0 aliphatic heterocycles. The highest BCUT2D eigenvalue weighted by Gasteiger charge is 2.25. The van der Waals surface area contributed by atoms with Crippen LogP contribution in [0.5, 0.6) is 11.5 Å². The van der Waals surface area contributed by atoms with Gasteiger partial charge in [0.1, 0.15) is 0 Å². The highest BCUT2D eigenvalue weighted by molar-refractivity contribution is 5.85. The molecule has 2 rings (SSSR count). The molecule has 136 valence electrons. The smallest absolute Gasteiger partial charge is 0.227 e. The van der Waals surface area contributed by atoms with E-state index in [0.717, 1.165) is 11.1 Å². The Balaban J connectivity index is 0.00000312. The number of hydrogen-bond donors (Lipinski definition) is 2. The molecule has 0 fully saturated rings. The maximum Gasteiger partial charge on any atom is 0.227 e. The van der Waals surface area contributed by atoms with Crippen LogP contribution in [0.25, 0.3) is 0 Å². The first-order valence-corrected chi connectivity index (χ1v) is 7.85. The molecule has 2 aromatic rings. The van der Waals surface area contributed by atoms with Crippen molar-refractivity contribution in [3.05, 3.63) is 59.7 Å². The van der Waals surface area contributed by atoms with Crippen molar-refractivity contribution in [2.75, 3.05) is 14.2 Å². The second-order valence-corrected chi connectivity index (χ2v) is 5.93. The zero-order valence-electron chi connectivity index (χ0n) is 14.7. The lowest BCUT2D eigenvalue weighted by atomic mass is 9.94. The Morgan fingerprint density at radius 2 is 1.88 bits per heavy atom. The largest absolute Gasteiger partial charge is 0.504 e. The van der Waals surface area contributed by atoms with Gasteiger partial charge in [-0.25, -0.2) is 0 Å². The van der Waals surface area contributed by atoms with Crippen LogP contribution in [0.4, 0.5) is 0 Å². The highest BCUT2D eigenvalue weighted by atomic mass is 35.5. The quantitative estimate of drug-likeness (QED) is 0.825. The van der Waals surface area contributed by atoms with Crippen LogP contribution < -0.4 is 10.5 Å². The van der Waals surface area contributed by atoms with Crippen molar-refractivity contribution < 1.29 is 14.6 Å². The van der Waals surface area contributed by atoms with E-state index in [0.29, 0.717) is 12.3 Å². The molecule has 0 saturated carbocycles. The monoisotopic (exact) mass is 364 g/mol. The number of methoxy groups -OCH3 is 1. The number of phenolic OH excluding ortho intramolecular Hbond substituents is 1. The topological polar surface area (TPSA) is 75.8 Å². The number of aromatic hydroxyl groups is 1. The van der Waals surface area contributed by atoms with Crippen molar-refractivity contribution in [1.29, 1.82) is 0 Å². The van der Waals surface area contributed by atoms with E-state index in [1.54, 1.807) is 24.1 Å².